The number of hydrogen-bond donors (Lipinski definition) is 4. The molecule has 1 atom stereocenters. The van der Waals surface area contributed by atoms with Gasteiger partial charge in [-0.2, -0.15) is 0 Å². The zero-order valence-electron chi connectivity index (χ0n) is 24.9. The topological polar surface area (TPSA) is 126 Å². The van der Waals surface area contributed by atoms with Crippen LogP contribution < -0.4 is 26.4 Å². The van der Waals surface area contributed by atoms with Crippen molar-refractivity contribution in [2.75, 3.05) is 32.6 Å². The van der Waals surface area contributed by atoms with Gasteiger partial charge >= 0.3 is 6.03 Å². The monoisotopic (exact) mass is 575 g/mol. The summed E-state index contributed by atoms with van der Waals surface area (Å²) >= 11 is 0. The van der Waals surface area contributed by atoms with Crippen LogP contribution in [0, 0.1) is 25.6 Å². The Labute approximate surface area is 245 Å². The second-order valence-corrected chi connectivity index (χ2v) is 11.3. The molecule has 4 rings (SSSR count). The van der Waals surface area contributed by atoms with E-state index < -0.39 is 29.3 Å². The van der Waals surface area contributed by atoms with Gasteiger partial charge in [-0.1, -0.05) is 30.3 Å². The Kier molecular flexibility index (Phi) is 8.98. The molecular formula is C32H38FN5O4. The lowest BCUT2D eigenvalue weighted by Gasteiger charge is -2.28. The Balaban J connectivity index is 1.63. The smallest absolute Gasteiger partial charge is 0.323 e. The minimum Gasteiger partial charge on any atom is -0.496 e. The third-order valence-electron chi connectivity index (χ3n) is 7.49. The highest BCUT2D eigenvalue weighted by atomic mass is 19.1. The number of imide groups is 1. The average Bonchev–Trinajstić information content (AvgIpc) is 2.93. The molecule has 0 bridgehead atoms. The number of methoxy groups -OCH3 is 1. The maximum absolute atomic E-state index is 15.4. The van der Waals surface area contributed by atoms with E-state index in [1.165, 1.54) is 20.2 Å². The number of nitrogens with two attached hydrogens (primary N) is 1. The van der Waals surface area contributed by atoms with Crippen molar-refractivity contribution in [3.63, 3.8) is 0 Å². The molecule has 1 fully saturated rings. The molecule has 0 spiro atoms. The molecule has 1 aliphatic heterocycles. The van der Waals surface area contributed by atoms with Crippen LogP contribution in [0.3, 0.4) is 0 Å². The number of anilines is 1. The van der Waals surface area contributed by atoms with Gasteiger partial charge in [0.25, 0.3) is 0 Å². The number of urea groups is 1. The summed E-state index contributed by atoms with van der Waals surface area (Å²) in [5.74, 6) is -2.01. The summed E-state index contributed by atoms with van der Waals surface area (Å²) in [5.41, 5.74) is 11.6. The van der Waals surface area contributed by atoms with Crippen LogP contribution >= 0.6 is 0 Å². The fraction of sp³-hybridized carbons (Fsp3) is 0.344. The van der Waals surface area contributed by atoms with Gasteiger partial charge in [-0.25, -0.2) is 9.18 Å². The number of nitrogens with zero attached hydrogens (tertiary/aromatic N) is 1. The molecule has 1 unspecified atom stereocenters. The number of nitrogens with one attached hydrogen (secondary N) is 3. The minimum absolute atomic E-state index is 0.0619. The van der Waals surface area contributed by atoms with Crippen LogP contribution in [0.2, 0.25) is 0 Å². The number of ether oxygens (including phenoxy) is 1. The molecule has 5 N–H and O–H groups in total. The van der Waals surface area contributed by atoms with Crippen LogP contribution in [-0.2, 0) is 16.1 Å². The van der Waals surface area contributed by atoms with Gasteiger partial charge in [-0.05, 0) is 79.3 Å². The van der Waals surface area contributed by atoms with Crippen LogP contribution in [0.1, 0.15) is 30.5 Å². The highest BCUT2D eigenvalue weighted by Crippen LogP contribution is 2.37. The van der Waals surface area contributed by atoms with E-state index in [2.05, 4.69) is 16.0 Å². The number of rotatable bonds is 9. The first-order valence-corrected chi connectivity index (χ1v) is 13.7. The van der Waals surface area contributed by atoms with Gasteiger partial charge in [0.15, 0.2) is 0 Å². The SMILES string of the molecule is COc1cc(-c2cccc(-c3cccc(NC(=O)C4CNC(=O)N(C)C4=O)c3C)c2C)cc(F)c1CNCC(C)(C)N. The molecule has 9 nitrogen and oxygen atoms in total. The maximum Gasteiger partial charge on any atom is 0.323 e. The Morgan fingerprint density at radius 3 is 2.40 bits per heavy atom. The fourth-order valence-corrected chi connectivity index (χ4v) is 5.09. The molecule has 1 heterocycles. The number of halogens is 1. The molecule has 42 heavy (non-hydrogen) atoms. The van der Waals surface area contributed by atoms with Crippen molar-refractivity contribution in [2.45, 2.75) is 39.8 Å². The normalized spacial score (nSPS) is 15.4. The van der Waals surface area contributed by atoms with Gasteiger partial charge in [0, 0.05) is 43.5 Å². The Morgan fingerprint density at radius 2 is 1.74 bits per heavy atom. The van der Waals surface area contributed by atoms with Crippen molar-refractivity contribution in [3.8, 4) is 28.0 Å². The first-order valence-electron chi connectivity index (χ1n) is 13.7. The van der Waals surface area contributed by atoms with E-state index in [4.69, 9.17) is 10.5 Å². The van der Waals surface area contributed by atoms with Gasteiger partial charge in [-0.15, -0.1) is 0 Å². The summed E-state index contributed by atoms with van der Waals surface area (Å²) in [7, 11) is 2.86. The molecule has 1 aliphatic rings. The second-order valence-electron chi connectivity index (χ2n) is 11.3. The number of carbonyl (C=O) groups excluding carboxylic acids is 3. The van der Waals surface area contributed by atoms with E-state index in [0.29, 0.717) is 29.1 Å². The largest absolute Gasteiger partial charge is 0.496 e. The highest BCUT2D eigenvalue weighted by molar-refractivity contribution is 6.12. The Hall–Kier alpha value is -4.28. The van der Waals surface area contributed by atoms with Crippen LogP contribution in [0.4, 0.5) is 14.9 Å². The third kappa shape index (κ3) is 6.45. The predicted molar refractivity (Wildman–Crippen MR) is 162 cm³/mol. The zero-order valence-corrected chi connectivity index (χ0v) is 24.9. The van der Waals surface area contributed by atoms with E-state index in [1.807, 2.05) is 64.1 Å². The molecule has 0 aromatic heterocycles. The van der Waals surface area contributed by atoms with Gasteiger partial charge in [-0.3, -0.25) is 14.5 Å². The molecule has 4 amide bonds. The lowest BCUT2D eigenvalue weighted by molar-refractivity contribution is -0.138. The summed E-state index contributed by atoms with van der Waals surface area (Å²) < 4.78 is 20.9. The Morgan fingerprint density at radius 1 is 1.10 bits per heavy atom. The standard InChI is InChI=1S/C32H38FN5O4/c1-18-21(20-13-26(33)24(28(14-20)42-6)15-35-17-32(3,4)34)9-7-10-22(18)23-11-8-12-27(19(23)2)37-29(39)25-16-36-31(41)38(5)30(25)40/h7-14,25,35H,15-17,34H2,1-6H3,(H,36,41)(H,37,39). The summed E-state index contributed by atoms with van der Waals surface area (Å²) in [6, 6.07) is 14.2. The summed E-state index contributed by atoms with van der Waals surface area (Å²) in [4.78, 5) is 38.1. The summed E-state index contributed by atoms with van der Waals surface area (Å²) in [5, 5.41) is 8.61. The zero-order chi connectivity index (χ0) is 30.8. The fourth-order valence-electron chi connectivity index (χ4n) is 5.09. The van der Waals surface area contributed by atoms with Gasteiger partial charge in [0.2, 0.25) is 11.8 Å². The molecule has 10 heteroatoms. The molecule has 0 saturated carbocycles. The second kappa shape index (κ2) is 12.3. The third-order valence-corrected chi connectivity index (χ3v) is 7.49. The van der Waals surface area contributed by atoms with Crippen molar-refractivity contribution in [1.82, 2.24) is 15.5 Å². The highest BCUT2D eigenvalue weighted by Gasteiger charge is 2.36. The summed E-state index contributed by atoms with van der Waals surface area (Å²) in [6.07, 6.45) is 0. The maximum atomic E-state index is 15.4. The van der Waals surface area contributed by atoms with E-state index >= 15 is 4.39 Å². The lowest BCUT2D eigenvalue weighted by atomic mass is 9.90. The summed E-state index contributed by atoms with van der Waals surface area (Å²) in [6.45, 7) is 8.39. The molecule has 3 aromatic carbocycles. The van der Waals surface area contributed by atoms with E-state index in [0.717, 1.165) is 32.7 Å². The molecule has 0 radical (unpaired) electrons. The number of hydrogen-bond acceptors (Lipinski definition) is 6. The quantitative estimate of drug-likeness (QED) is 0.281. The van der Waals surface area contributed by atoms with Crippen molar-refractivity contribution in [2.24, 2.45) is 11.7 Å². The molecule has 222 valence electrons. The first-order chi connectivity index (χ1) is 19.8. The van der Waals surface area contributed by atoms with Crippen molar-refractivity contribution in [3.05, 3.63) is 71.0 Å². The van der Waals surface area contributed by atoms with Crippen LogP contribution in [-0.4, -0.2) is 55.5 Å². The van der Waals surface area contributed by atoms with Crippen LogP contribution in [0.5, 0.6) is 5.75 Å². The molecule has 3 aromatic rings. The van der Waals surface area contributed by atoms with Gasteiger partial charge < -0.3 is 26.4 Å². The number of carbonyl (C=O) groups is 3. The van der Waals surface area contributed by atoms with Crippen molar-refractivity contribution >= 4 is 23.5 Å². The molecule has 1 saturated heterocycles. The first kappa shape index (κ1) is 30.7. The van der Waals surface area contributed by atoms with Gasteiger partial charge in [0.05, 0.1) is 7.11 Å². The predicted octanol–water partition coefficient (Wildman–Crippen LogP) is 4.35. The van der Waals surface area contributed by atoms with Gasteiger partial charge in [0.1, 0.15) is 17.5 Å². The van der Waals surface area contributed by atoms with Crippen LogP contribution in [0.15, 0.2) is 48.5 Å². The lowest BCUT2D eigenvalue weighted by Crippen LogP contribution is -2.56. The van der Waals surface area contributed by atoms with Crippen molar-refractivity contribution in [1.29, 1.82) is 0 Å². The molecular weight excluding hydrogens is 537 g/mol. The van der Waals surface area contributed by atoms with E-state index in [1.54, 1.807) is 6.07 Å². The molecule has 0 aliphatic carbocycles. The average molecular weight is 576 g/mol. The van der Waals surface area contributed by atoms with E-state index in [9.17, 15) is 14.4 Å². The minimum atomic E-state index is -1.02. The Bertz CT molecular complexity index is 1530. The number of benzene rings is 3. The van der Waals surface area contributed by atoms with E-state index in [-0.39, 0.29) is 18.9 Å². The number of amides is 4. The van der Waals surface area contributed by atoms with Crippen molar-refractivity contribution < 1.29 is 23.5 Å². The van der Waals surface area contributed by atoms with Crippen LogP contribution in [0.25, 0.3) is 22.3 Å².